The lowest BCUT2D eigenvalue weighted by atomic mass is 10.0. The van der Waals surface area contributed by atoms with Crippen molar-refractivity contribution in [2.75, 3.05) is 13.2 Å². The first-order valence-electron chi connectivity index (χ1n) is 6.22. The molecule has 0 aliphatic rings. The van der Waals surface area contributed by atoms with E-state index in [9.17, 15) is 0 Å². The Hall–Kier alpha value is -1.31. The minimum atomic E-state index is 0.770. The topological polar surface area (TPSA) is 9.23 Å². The van der Waals surface area contributed by atoms with Crippen LogP contribution in [0.1, 0.15) is 12.5 Å². The van der Waals surface area contributed by atoms with E-state index in [1.54, 1.807) is 0 Å². The summed E-state index contributed by atoms with van der Waals surface area (Å²) < 4.78 is 5.35. The number of benzene rings is 2. The number of hydrogen-bond acceptors (Lipinski definition) is 1. The first-order chi connectivity index (χ1) is 8.79. The Balaban J connectivity index is 2.05. The molecule has 0 heterocycles. The van der Waals surface area contributed by atoms with E-state index in [-0.39, 0.29) is 0 Å². The smallest absolute Gasteiger partial charge is 0.0506 e. The van der Waals surface area contributed by atoms with Crippen molar-refractivity contribution < 1.29 is 4.74 Å². The molecule has 18 heavy (non-hydrogen) atoms. The van der Waals surface area contributed by atoms with Crippen molar-refractivity contribution in [2.24, 2.45) is 0 Å². The maximum atomic E-state index is 5.88. The van der Waals surface area contributed by atoms with Crippen LogP contribution in [0.4, 0.5) is 0 Å². The lowest BCUT2D eigenvalue weighted by Crippen LogP contribution is -1.97. The monoisotopic (exact) mass is 260 g/mol. The van der Waals surface area contributed by atoms with Gasteiger partial charge in [-0.1, -0.05) is 48.0 Å². The van der Waals surface area contributed by atoms with Gasteiger partial charge in [-0.15, -0.1) is 0 Å². The van der Waals surface area contributed by atoms with E-state index in [1.165, 1.54) is 16.7 Å². The molecular weight excluding hydrogens is 244 g/mol. The lowest BCUT2D eigenvalue weighted by Gasteiger charge is -2.05. The van der Waals surface area contributed by atoms with Gasteiger partial charge < -0.3 is 4.74 Å². The van der Waals surface area contributed by atoms with Crippen LogP contribution >= 0.6 is 11.6 Å². The van der Waals surface area contributed by atoms with Gasteiger partial charge in [0, 0.05) is 11.6 Å². The molecule has 0 aliphatic heterocycles. The molecule has 2 heteroatoms. The fourth-order valence-electron chi connectivity index (χ4n) is 1.84. The molecule has 2 rings (SSSR count). The van der Waals surface area contributed by atoms with Gasteiger partial charge >= 0.3 is 0 Å². The molecule has 0 spiro atoms. The molecule has 94 valence electrons. The summed E-state index contributed by atoms with van der Waals surface area (Å²) in [6.07, 6.45) is 0.967. The lowest BCUT2D eigenvalue weighted by molar-refractivity contribution is 0.151. The maximum absolute atomic E-state index is 5.88. The van der Waals surface area contributed by atoms with E-state index in [0.29, 0.717) is 0 Å². The first kappa shape index (κ1) is 13.1. The third-order valence-corrected chi connectivity index (χ3v) is 3.12. The van der Waals surface area contributed by atoms with Crippen LogP contribution in [0.2, 0.25) is 5.02 Å². The molecular formula is C16H17ClO. The summed E-state index contributed by atoms with van der Waals surface area (Å²) in [5.41, 5.74) is 3.71. The summed E-state index contributed by atoms with van der Waals surface area (Å²) in [6, 6.07) is 16.5. The van der Waals surface area contributed by atoms with Gasteiger partial charge in [0.1, 0.15) is 0 Å². The van der Waals surface area contributed by atoms with Crippen LogP contribution in [0.5, 0.6) is 0 Å². The van der Waals surface area contributed by atoms with Gasteiger partial charge in [0.15, 0.2) is 0 Å². The van der Waals surface area contributed by atoms with Gasteiger partial charge in [-0.05, 0) is 42.2 Å². The van der Waals surface area contributed by atoms with E-state index in [4.69, 9.17) is 16.3 Å². The Morgan fingerprint density at radius 3 is 2.00 bits per heavy atom. The average molecular weight is 261 g/mol. The number of rotatable bonds is 5. The second-order valence-corrected chi connectivity index (χ2v) is 4.59. The zero-order valence-electron chi connectivity index (χ0n) is 10.5. The molecule has 0 bridgehead atoms. The van der Waals surface area contributed by atoms with Gasteiger partial charge in [0.2, 0.25) is 0 Å². The Morgan fingerprint density at radius 2 is 1.44 bits per heavy atom. The van der Waals surface area contributed by atoms with Crippen LogP contribution in [0, 0.1) is 0 Å². The van der Waals surface area contributed by atoms with E-state index < -0.39 is 0 Å². The van der Waals surface area contributed by atoms with Crippen LogP contribution in [-0.2, 0) is 11.2 Å². The Bertz CT molecular complexity index is 473. The highest BCUT2D eigenvalue weighted by atomic mass is 35.5. The van der Waals surface area contributed by atoms with E-state index in [1.807, 2.05) is 31.2 Å². The average Bonchev–Trinajstić information content (AvgIpc) is 2.41. The SMILES string of the molecule is CCOCCc1ccc(-c2ccc(Cl)cc2)cc1. The van der Waals surface area contributed by atoms with Crippen molar-refractivity contribution in [3.63, 3.8) is 0 Å². The summed E-state index contributed by atoms with van der Waals surface area (Å²) in [5, 5.41) is 0.770. The van der Waals surface area contributed by atoms with Gasteiger partial charge in [-0.25, -0.2) is 0 Å². The largest absolute Gasteiger partial charge is 0.381 e. The van der Waals surface area contributed by atoms with Crippen LogP contribution in [0.25, 0.3) is 11.1 Å². The van der Waals surface area contributed by atoms with Crippen molar-refractivity contribution in [2.45, 2.75) is 13.3 Å². The highest BCUT2D eigenvalue weighted by molar-refractivity contribution is 6.30. The van der Waals surface area contributed by atoms with Crippen LogP contribution in [-0.4, -0.2) is 13.2 Å². The van der Waals surface area contributed by atoms with E-state index >= 15 is 0 Å². The second-order valence-electron chi connectivity index (χ2n) is 4.15. The molecule has 0 saturated carbocycles. The molecule has 0 saturated heterocycles. The Kier molecular flexibility index (Phi) is 4.80. The molecule has 0 amide bonds. The van der Waals surface area contributed by atoms with Gasteiger partial charge in [0.05, 0.1) is 6.61 Å². The normalized spacial score (nSPS) is 10.6. The van der Waals surface area contributed by atoms with E-state index in [2.05, 4.69) is 24.3 Å². The fourth-order valence-corrected chi connectivity index (χ4v) is 1.97. The molecule has 0 fully saturated rings. The molecule has 2 aromatic carbocycles. The van der Waals surface area contributed by atoms with Crippen molar-refractivity contribution >= 4 is 11.6 Å². The molecule has 0 aromatic heterocycles. The number of hydrogen-bond donors (Lipinski definition) is 0. The summed E-state index contributed by atoms with van der Waals surface area (Å²) >= 11 is 5.88. The molecule has 0 radical (unpaired) electrons. The standard InChI is InChI=1S/C16H17ClO/c1-2-18-12-11-13-3-5-14(6-4-13)15-7-9-16(17)10-8-15/h3-10H,2,11-12H2,1H3. The first-order valence-corrected chi connectivity index (χ1v) is 6.60. The van der Waals surface area contributed by atoms with Crippen molar-refractivity contribution in [1.82, 2.24) is 0 Å². The molecule has 0 N–H and O–H groups in total. The zero-order chi connectivity index (χ0) is 12.8. The molecule has 1 nitrogen and oxygen atoms in total. The number of ether oxygens (including phenoxy) is 1. The zero-order valence-corrected chi connectivity index (χ0v) is 11.3. The highest BCUT2D eigenvalue weighted by Crippen LogP contribution is 2.21. The Labute approximate surface area is 113 Å². The minimum absolute atomic E-state index is 0.770. The van der Waals surface area contributed by atoms with Gasteiger partial charge in [0.25, 0.3) is 0 Å². The Morgan fingerprint density at radius 1 is 0.889 bits per heavy atom. The number of halogens is 1. The van der Waals surface area contributed by atoms with Crippen LogP contribution in [0.15, 0.2) is 48.5 Å². The summed E-state index contributed by atoms with van der Waals surface area (Å²) in [5.74, 6) is 0. The molecule has 0 atom stereocenters. The minimum Gasteiger partial charge on any atom is -0.381 e. The summed E-state index contributed by atoms with van der Waals surface area (Å²) in [7, 11) is 0. The summed E-state index contributed by atoms with van der Waals surface area (Å²) in [6.45, 7) is 3.59. The van der Waals surface area contributed by atoms with Crippen molar-refractivity contribution in [3.05, 3.63) is 59.1 Å². The third kappa shape index (κ3) is 3.59. The summed E-state index contributed by atoms with van der Waals surface area (Å²) in [4.78, 5) is 0. The van der Waals surface area contributed by atoms with Crippen LogP contribution < -0.4 is 0 Å². The molecule has 0 unspecified atom stereocenters. The predicted octanol–water partition coefficient (Wildman–Crippen LogP) is 4.59. The maximum Gasteiger partial charge on any atom is 0.0506 e. The molecule has 0 aliphatic carbocycles. The molecule has 2 aromatic rings. The highest BCUT2D eigenvalue weighted by Gasteiger charge is 1.98. The van der Waals surface area contributed by atoms with Crippen molar-refractivity contribution in [3.8, 4) is 11.1 Å². The second kappa shape index (κ2) is 6.58. The van der Waals surface area contributed by atoms with Crippen molar-refractivity contribution in [1.29, 1.82) is 0 Å². The fraction of sp³-hybridized carbons (Fsp3) is 0.250. The van der Waals surface area contributed by atoms with Crippen LogP contribution in [0.3, 0.4) is 0 Å². The third-order valence-electron chi connectivity index (χ3n) is 2.87. The predicted molar refractivity (Wildman–Crippen MR) is 77.1 cm³/mol. The van der Waals surface area contributed by atoms with E-state index in [0.717, 1.165) is 24.7 Å². The quantitative estimate of drug-likeness (QED) is 0.715. The van der Waals surface area contributed by atoms with Gasteiger partial charge in [-0.3, -0.25) is 0 Å². The van der Waals surface area contributed by atoms with Gasteiger partial charge in [-0.2, -0.15) is 0 Å².